The average molecular weight is 322 g/mol. The van der Waals surface area contributed by atoms with E-state index in [0.29, 0.717) is 5.36 Å². The van der Waals surface area contributed by atoms with Crippen LogP contribution in [-0.4, -0.2) is 20.6 Å². The van der Waals surface area contributed by atoms with Gasteiger partial charge in [-0.2, -0.15) is 0 Å². The Morgan fingerprint density at radius 2 is 2.19 bits per heavy atom. The lowest BCUT2D eigenvalue weighted by molar-refractivity contribution is -0.385. The Bertz CT molecular complexity index is 989. The van der Waals surface area contributed by atoms with Crippen molar-refractivity contribution in [1.82, 2.24) is 4.68 Å². The summed E-state index contributed by atoms with van der Waals surface area (Å²) < 4.78 is 1.03. The zero-order valence-electron chi connectivity index (χ0n) is 10.1. The summed E-state index contributed by atoms with van der Waals surface area (Å²) in [6, 6.07) is 3.88. The number of nitrogens with two attached hydrogens (primary N) is 1. The van der Waals surface area contributed by atoms with Crippen molar-refractivity contribution in [2.75, 3.05) is 5.84 Å². The van der Waals surface area contributed by atoms with Crippen molar-refractivity contribution in [3.05, 3.63) is 47.7 Å². The first-order valence-electron chi connectivity index (χ1n) is 5.52. The summed E-state index contributed by atoms with van der Waals surface area (Å²) in [5.41, 5.74) is -0.113. The second-order valence-electron chi connectivity index (χ2n) is 4.14. The molecule has 2 heterocycles. The average Bonchev–Trinajstić information content (AvgIpc) is 2.89. The second kappa shape index (κ2) is 4.46. The van der Waals surface area contributed by atoms with Gasteiger partial charge in [-0.05, 0) is 18.3 Å². The standard InChI is InChI=1S/C11H6N4O4S2/c12-14-10(17)8(21-11(14)20)7-5-3-4(15(18)19)1-2-6(5)13-9(7)16/h1-3,17H,12H2. The first-order chi connectivity index (χ1) is 9.90. The lowest BCUT2D eigenvalue weighted by Crippen LogP contribution is -2.23. The van der Waals surface area contributed by atoms with Crippen LogP contribution in [0.15, 0.2) is 23.2 Å². The summed E-state index contributed by atoms with van der Waals surface area (Å²) in [6.45, 7) is 0. The minimum Gasteiger partial charge on any atom is -0.492 e. The van der Waals surface area contributed by atoms with Crippen molar-refractivity contribution < 1.29 is 14.8 Å². The number of hydrogen-bond donors (Lipinski definition) is 2. The zero-order valence-corrected chi connectivity index (χ0v) is 11.8. The molecule has 0 aliphatic carbocycles. The van der Waals surface area contributed by atoms with E-state index in [0.717, 1.165) is 16.0 Å². The number of amides is 1. The fourth-order valence-corrected chi connectivity index (χ4v) is 3.16. The van der Waals surface area contributed by atoms with Crippen molar-refractivity contribution in [1.29, 1.82) is 0 Å². The normalized spacial score (nSPS) is 13.1. The van der Waals surface area contributed by atoms with E-state index in [-0.39, 0.29) is 31.2 Å². The number of carbonyl (C=O) groups excluding carboxylic acids is 1. The monoisotopic (exact) mass is 322 g/mol. The first-order valence-corrected chi connectivity index (χ1v) is 6.74. The molecule has 0 unspecified atom stereocenters. The molecule has 1 aliphatic heterocycles. The van der Waals surface area contributed by atoms with Crippen molar-refractivity contribution in [3.8, 4) is 5.88 Å². The Kier molecular flexibility index (Phi) is 2.85. The van der Waals surface area contributed by atoms with Crippen LogP contribution in [-0.2, 0) is 4.79 Å². The molecule has 10 heteroatoms. The molecule has 106 valence electrons. The second-order valence-corrected chi connectivity index (χ2v) is 5.79. The van der Waals surface area contributed by atoms with E-state index in [1.54, 1.807) is 0 Å². The molecule has 8 nitrogen and oxygen atoms in total. The Balaban J connectivity index is 2.42. The van der Waals surface area contributed by atoms with E-state index < -0.39 is 10.8 Å². The number of rotatable bonds is 2. The summed E-state index contributed by atoms with van der Waals surface area (Å²) in [6.07, 6.45) is 0. The maximum atomic E-state index is 12.0. The summed E-state index contributed by atoms with van der Waals surface area (Å²) in [4.78, 5) is 26.2. The molecular weight excluding hydrogens is 316 g/mol. The summed E-state index contributed by atoms with van der Waals surface area (Å²) in [5.74, 6) is 4.55. The largest absolute Gasteiger partial charge is 0.492 e. The number of non-ortho nitro benzene ring substituents is 1. The van der Waals surface area contributed by atoms with Gasteiger partial charge in [0.05, 0.1) is 15.9 Å². The van der Waals surface area contributed by atoms with Crippen molar-refractivity contribution in [3.63, 3.8) is 0 Å². The molecule has 1 aliphatic rings. The Morgan fingerprint density at radius 3 is 2.76 bits per heavy atom. The number of benzene rings is 1. The number of aromatic nitrogens is 1. The molecular formula is C11H6N4O4S2. The number of hydrogen-bond acceptors (Lipinski definition) is 7. The quantitative estimate of drug-likeness (QED) is 0.346. The number of carbonyl (C=O) groups is 1. The van der Waals surface area contributed by atoms with E-state index in [4.69, 9.17) is 18.1 Å². The van der Waals surface area contributed by atoms with Crippen LogP contribution in [0.5, 0.6) is 5.88 Å². The summed E-state index contributed by atoms with van der Waals surface area (Å²) >= 11 is 5.87. The highest BCUT2D eigenvalue weighted by Crippen LogP contribution is 2.30. The van der Waals surface area contributed by atoms with Gasteiger partial charge in [0.15, 0.2) is 3.95 Å². The molecule has 1 aromatic heterocycles. The third-order valence-corrected chi connectivity index (χ3v) is 4.35. The molecule has 0 saturated carbocycles. The van der Waals surface area contributed by atoms with E-state index >= 15 is 0 Å². The highest BCUT2D eigenvalue weighted by Gasteiger charge is 2.25. The first kappa shape index (κ1) is 13.4. The van der Waals surface area contributed by atoms with Gasteiger partial charge < -0.3 is 10.9 Å². The van der Waals surface area contributed by atoms with Crippen molar-refractivity contribution in [2.24, 2.45) is 4.99 Å². The van der Waals surface area contributed by atoms with Gasteiger partial charge in [-0.1, -0.05) is 11.3 Å². The van der Waals surface area contributed by atoms with Crippen molar-refractivity contribution in [2.45, 2.75) is 0 Å². The van der Waals surface area contributed by atoms with Gasteiger partial charge >= 0.3 is 0 Å². The van der Waals surface area contributed by atoms with Crippen LogP contribution in [0.25, 0.3) is 5.57 Å². The van der Waals surface area contributed by atoms with Gasteiger partial charge in [0, 0.05) is 17.4 Å². The van der Waals surface area contributed by atoms with Crippen LogP contribution in [0.4, 0.5) is 5.69 Å². The molecule has 0 spiro atoms. The predicted octanol–water partition coefficient (Wildman–Crippen LogP) is -0.0345. The maximum absolute atomic E-state index is 12.0. The molecule has 0 saturated heterocycles. The smallest absolute Gasteiger partial charge is 0.279 e. The van der Waals surface area contributed by atoms with E-state index in [2.05, 4.69) is 4.99 Å². The molecule has 1 amide bonds. The van der Waals surface area contributed by atoms with E-state index in [1.165, 1.54) is 18.2 Å². The fraction of sp³-hybridized carbons (Fsp3) is 0. The molecule has 0 bridgehead atoms. The predicted molar refractivity (Wildman–Crippen MR) is 76.4 cm³/mol. The van der Waals surface area contributed by atoms with Crippen LogP contribution in [0.2, 0.25) is 0 Å². The molecule has 0 atom stereocenters. The molecule has 1 aromatic carbocycles. The number of nitro benzene ring substituents is 1. The van der Waals surface area contributed by atoms with E-state index in [1.807, 2.05) is 0 Å². The zero-order chi connectivity index (χ0) is 15.3. The molecule has 21 heavy (non-hydrogen) atoms. The number of nitrogen functional groups attached to an aromatic ring is 1. The van der Waals surface area contributed by atoms with Crippen LogP contribution < -0.4 is 16.4 Å². The third kappa shape index (κ3) is 1.92. The van der Waals surface area contributed by atoms with Crippen molar-refractivity contribution >= 4 is 40.7 Å². The van der Waals surface area contributed by atoms with Gasteiger partial charge in [-0.15, -0.1) is 0 Å². The van der Waals surface area contributed by atoms with Gasteiger partial charge in [0.25, 0.3) is 11.6 Å². The van der Waals surface area contributed by atoms with Crippen LogP contribution in [0, 0.1) is 14.1 Å². The fourth-order valence-electron chi connectivity index (χ4n) is 1.98. The third-order valence-electron chi connectivity index (χ3n) is 2.94. The number of nitro groups is 1. The summed E-state index contributed by atoms with van der Waals surface area (Å²) in [5, 5.41) is 21.4. The number of fused-ring (bicyclic) bond motifs is 1. The topological polar surface area (TPSA) is 124 Å². The SMILES string of the molecule is Nn1c(O)c(C2=c3cc([N+](=O)[O-])ccc3=NC2=O)sc1=S. The maximum Gasteiger partial charge on any atom is 0.279 e. The molecule has 3 rings (SSSR count). The summed E-state index contributed by atoms with van der Waals surface area (Å²) in [7, 11) is 0. The Hall–Kier alpha value is -2.59. The van der Waals surface area contributed by atoms with E-state index in [9.17, 15) is 20.0 Å². The van der Waals surface area contributed by atoms with Crippen LogP contribution in [0.3, 0.4) is 0 Å². The van der Waals surface area contributed by atoms with Gasteiger partial charge in [0.1, 0.15) is 4.88 Å². The Morgan fingerprint density at radius 1 is 1.48 bits per heavy atom. The lowest BCUT2D eigenvalue weighted by Gasteiger charge is -1.98. The minimum atomic E-state index is -0.599. The van der Waals surface area contributed by atoms with Crippen LogP contribution >= 0.6 is 23.6 Å². The molecule has 2 aromatic rings. The highest BCUT2D eigenvalue weighted by atomic mass is 32.1. The van der Waals surface area contributed by atoms with Gasteiger partial charge in [-0.3, -0.25) is 14.9 Å². The minimum absolute atomic E-state index is 0.0616. The highest BCUT2D eigenvalue weighted by molar-refractivity contribution is 7.73. The lowest BCUT2D eigenvalue weighted by atomic mass is 10.1. The molecule has 3 N–H and O–H groups in total. The molecule has 0 radical (unpaired) electrons. The van der Waals surface area contributed by atoms with Crippen LogP contribution in [0.1, 0.15) is 4.88 Å². The Labute approximate surface area is 125 Å². The number of nitrogens with zero attached hydrogens (tertiary/aromatic N) is 3. The van der Waals surface area contributed by atoms with Gasteiger partial charge in [0.2, 0.25) is 5.88 Å². The number of thiazole rings is 1. The molecule has 0 fully saturated rings. The van der Waals surface area contributed by atoms with Gasteiger partial charge in [-0.25, -0.2) is 9.67 Å². The number of aromatic hydroxyl groups is 1.